The second-order valence-electron chi connectivity index (χ2n) is 11.3. The van der Waals surface area contributed by atoms with Gasteiger partial charge in [0.15, 0.2) is 17.4 Å². The van der Waals surface area contributed by atoms with Crippen LogP contribution in [0.3, 0.4) is 0 Å². The van der Waals surface area contributed by atoms with E-state index in [0.717, 1.165) is 32.6 Å². The number of rotatable bonds is 19. The third kappa shape index (κ3) is 10.1. The Morgan fingerprint density at radius 2 is 1.55 bits per heavy atom. The van der Waals surface area contributed by atoms with Gasteiger partial charge >= 0.3 is 6.09 Å². The molecule has 0 spiro atoms. The first-order valence-electron chi connectivity index (χ1n) is 14.8. The van der Waals surface area contributed by atoms with Crippen LogP contribution in [0.4, 0.5) is 10.5 Å². The number of anilines is 1. The Morgan fingerprint density at radius 1 is 0.975 bits per heavy atom. The van der Waals surface area contributed by atoms with Gasteiger partial charge in [-0.2, -0.15) is 0 Å². The Bertz CT molecular complexity index is 1010. The summed E-state index contributed by atoms with van der Waals surface area (Å²) >= 11 is 6.22. The van der Waals surface area contributed by atoms with Crippen LogP contribution in [0, 0.1) is 5.92 Å². The van der Waals surface area contributed by atoms with Gasteiger partial charge in [-0.1, -0.05) is 89.7 Å². The zero-order valence-electron chi connectivity index (χ0n) is 24.9. The number of hydrogen-bond donors (Lipinski definition) is 1. The van der Waals surface area contributed by atoms with E-state index in [9.17, 15) is 19.2 Å². The minimum absolute atomic E-state index is 0.271. The summed E-state index contributed by atoms with van der Waals surface area (Å²) in [5.74, 6) is -1.47. The molecule has 3 amide bonds. The van der Waals surface area contributed by atoms with Crippen LogP contribution in [0.15, 0.2) is 18.2 Å². The Morgan fingerprint density at radius 3 is 2.10 bits per heavy atom. The Balaban J connectivity index is 2.12. The van der Waals surface area contributed by atoms with Crippen molar-refractivity contribution in [1.82, 2.24) is 4.90 Å². The van der Waals surface area contributed by atoms with Crippen molar-refractivity contribution < 1.29 is 28.7 Å². The van der Waals surface area contributed by atoms with Crippen LogP contribution in [-0.2, 0) is 19.1 Å². The van der Waals surface area contributed by atoms with Gasteiger partial charge in [-0.3, -0.25) is 14.4 Å². The average Bonchev–Trinajstić information content (AvgIpc) is 3.09. The summed E-state index contributed by atoms with van der Waals surface area (Å²) in [6.07, 6.45) is 13.3. The number of Topliss-reactive ketones (excluding diaryl/α,β-unsaturated/α-hetero) is 1. The van der Waals surface area contributed by atoms with E-state index in [2.05, 4.69) is 19.2 Å². The number of imide groups is 1. The molecule has 2 unspecified atom stereocenters. The molecule has 1 saturated heterocycles. The van der Waals surface area contributed by atoms with Gasteiger partial charge in [0.1, 0.15) is 5.75 Å². The maximum Gasteiger partial charge on any atom is 0.418 e. The molecule has 2 rings (SSSR count). The van der Waals surface area contributed by atoms with Crippen molar-refractivity contribution in [3.05, 3.63) is 23.2 Å². The van der Waals surface area contributed by atoms with Crippen molar-refractivity contribution in [1.29, 1.82) is 0 Å². The number of carbonyl (C=O) groups excluding carboxylic acids is 4. The molecule has 1 heterocycles. The average molecular weight is 579 g/mol. The molecular formula is C31H47ClN2O6. The van der Waals surface area contributed by atoms with E-state index in [-0.39, 0.29) is 5.69 Å². The number of carbonyl (C=O) groups is 4. The van der Waals surface area contributed by atoms with Gasteiger partial charge in [0.2, 0.25) is 0 Å². The standard InChI is InChI=1S/C31H47ClN2O6/c1-6-8-10-12-13-15-17-23(16-14-11-9-7-2)21-39-26-19-18-24(32)20-25(26)33-28(36)27(22(3)35)34-29(37)31(4,5)40-30(34)38/h18-20,23,27H,6-17,21H2,1-5H3,(H,33,36). The number of unbranched alkanes of at least 4 members (excludes halogenated alkanes) is 8. The fraction of sp³-hybridized carbons (Fsp3) is 0.677. The van der Waals surface area contributed by atoms with Crippen LogP contribution in [-0.4, -0.2) is 46.8 Å². The third-order valence-electron chi connectivity index (χ3n) is 7.27. The highest BCUT2D eigenvalue weighted by Gasteiger charge is 2.53. The second kappa shape index (κ2) is 16.6. The second-order valence-corrected chi connectivity index (χ2v) is 11.7. The maximum atomic E-state index is 13.3. The number of ether oxygens (including phenoxy) is 2. The van der Waals surface area contributed by atoms with Crippen molar-refractivity contribution >= 4 is 41.0 Å². The van der Waals surface area contributed by atoms with Crippen LogP contribution < -0.4 is 10.1 Å². The minimum atomic E-state index is -1.67. The van der Waals surface area contributed by atoms with Gasteiger partial charge in [-0.15, -0.1) is 0 Å². The number of ketones is 1. The summed E-state index contributed by atoms with van der Waals surface area (Å²) in [5, 5.41) is 3.03. The number of hydrogen-bond acceptors (Lipinski definition) is 6. The van der Waals surface area contributed by atoms with Crippen molar-refractivity contribution in [2.75, 3.05) is 11.9 Å². The summed E-state index contributed by atoms with van der Waals surface area (Å²) in [5.41, 5.74) is -1.19. The monoisotopic (exact) mass is 578 g/mol. The lowest BCUT2D eigenvalue weighted by molar-refractivity contribution is -0.142. The Kier molecular flexibility index (Phi) is 13.9. The minimum Gasteiger partial charge on any atom is -0.491 e. The summed E-state index contributed by atoms with van der Waals surface area (Å²) in [4.78, 5) is 51.4. The van der Waals surface area contributed by atoms with Crippen LogP contribution in [0.5, 0.6) is 5.75 Å². The van der Waals surface area contributed by atoms with E-state index >= 15 is 0 Å². The van der Waals surface area contributed by atoms with E-state index in [1.807, 2.05) is 0 Å². The molecule has 0 aromatic heterocycles. The highest BCUT2D eigenvalue weighted by molar-refractivity contribution is 6.31. The zero-order chi connectivity index (χ0) is 29.7. The predicted octanol–water partition coefficient (Wildman–Crippen LogP) is 7.71. The first kappa shape index (κ1) is 33.6. The van der Waals surface area contributed by atoms with E-state index in [4.69, 9.17) is 21.1 Å². The third-order valence-corrected chi connectivity index (χ3v) is 7.51. The molecule has 1 N–H and O–H groups in total. The van der Waals surface area contributed by atoms with Crippen molar-refractivity contribution in [2.45, 2.75) is 123 Å². The summed E-state index contributed by atoms with van der Waals surface area (Å²) < 4.78 is 11.3. The van der Waals surface area contributed by atoms with Gasteiger partial charge in [0.25, 0.3) is 11.8 Å². The Hall–Kier alpha value is -2.61. The smallest absolute Gasteiger partial charge is 0.418 e. The molecule has 0 saturated carbocycles. The normalized spacial score (nSPS) is 16.0. The highest BCUT2D eigenvalue weighted by Crippen LogP contribution is 2.31. The molecule has 1 aliphatic rings. The van der Waals surface area contributed by atoms with Gasteiger partial charge in [-0.25, -0.2) is 9.69 Å². The van der Waals surface area contributed by atoms with Crippen LogP contribution in [0.1, 0.15) is 112 Å². The molecule has 224 valence electrons. The zero-order valence-corrected chi connectivity index (χ0v) is 25.6. The fourth-order valence-corrected chi connectivity index (χ4v) is 5.08. The maximum absolute atomic E-state index is 13.3. The van der Waals surface area contributed by atoms with Crippen LogP contribution >= 0.6 is 11.6 Å². The summed E-state index contributed by atoms with van der Waals surface area (Å²) in [6, 6.07) is 3.21. The summed E-state index contributed by atoms with van der Waals surface area (Å²) in [6.45, 7) is 8.89. The molecule has 0 aliphatic carbocycles. The van der Waals surface area contributed by atoms with E-state index in [1.54, 1.807) is 12.1 Å². The van der Waals surface area contributed by atoms with E-state index in [0.29, 0.717) is 28.2 Å². The van der Waals surface area contributed by atoms with E-state index in [1.165, 1.54) is 71.3 Å². The quantitative estimate of drug-likeness (QED) is 0.133. The van der Waals surface area contributed by atoms with E-state index < -0.39 is 35.3 Å². The number of amides is 3. The largest absolute Gasteiger partial charge is 0.491 e. The van der Waals surface area contributed by atoms with Gasteiger partial charge in [0, 0.05) is 5.02 Å². The van der Waals surface area contributed by atoms with Crippen LogP contribution in [0.2, 0.25) is 5.02 Å². The molecule has 1 aromatic carbocycles. The molecule has 0 radical (unpaired) electrons. The van der Waals surface area contributed by atoms with Crippen molar-refractivity contribution in [3.63, 3.8) is 0 Å². The number of cyclic esters (lactones) is 1. The SMILES string of the molecule is CCCCCCCCC(CCCCCC)COc1ccc(Cl)cc1NC(=O)C(C(C)=O)N1C(=O)OC(C)(C)C1=O. The lowest BCUT2D eigenvalue weighted by Crippen LogP contribution is -2.52. The molecule has 40 heavy (non-hydrogen) atoms. The van der Waals surface area contributed by atoms with Crippen molar-refractivity contribution in [3.8, 4) is 5.75 Å². The Labute approximate surface area is 244 Å². The topological polar surface area (TPSA) is 102 Å². The molecular weight excluding hydrogens is 532 g/mol. The molecule has 2 atom stereocenters. The van der Waals surface area contributed by atoms with Crippen molar-refractivity contribution in [2.24, 2.45) is 5.92 Å². The van der Waals surface area contributed by atoms with Gasteiger partial charge < -0.3 is 14.8 Å². The van der Waals surface area contributed by atoms with Gasteiger partial charge in [0.05, 0.1) is 12.3 Å². The number of halogens is 1. The molecule has 8 nitrogen and oxygen atoms in total. The molecule has 1 aromatic rings. The molecule has 9 heteroatoms. The number of nitrogens with zero attached hydrogens (tertiary/aromatic N) is 1. The fourth-order valence-electron chi connectivity index (χ4n) is 4.91. The lowest BCUT2D eigenvalue weighted by Gasteiger charge is -2.23. The summed E-state index contributed by atoms with van der Waals surface area (Å²) in [7, 11) is 0. The number of nitrogens with one attached hydrogen (secondary N) is 1. The van der Waals surface area contributed by atoms with Gasteiger partial charge in [-0.05, 0) is 57.7 Å². The first-order valence-corrected chi connectivity index (χ1v) is 15.2. The lowest BCUT2D eigenvalue weighted by atomic mass is 9.95. The number of benzene rings is 1. The first-order chi connectivity index (χ1) is 19.0. The predicted molar refractivity (Wildman–Crippen MR) is 158 cm³/mol. The highest BCUT2D eigenvalue weighted by atomic mass is 35.5. The molecule has 0 bridgehead atoms. The molecule has 1 aliphatic heterocycles. The molecule has 1 fully saturated rings. The van der Waals surface area contributed by atoms with Crippen LogP contribution in [0.25, 0.3) is 0 Å².